The number of nitrogens with zero attached hydrogens (tertiary/aromatic N) is 3. The summed E-state index contributed by atoms with van der Waals surface area (Å²) in [5.41, 5.74) is 2.00. The summed E-state index contributed by atoms with van der Waals surface area (Å²) >= 11 is 0. The molecule has 1 aromatic rings. The summed E-state index contributed by atoms with van der Waals surface area (Å²) < 4.78 is 5.53. The lowest BCUT2D eigenvalue weighted by Gasteiger charge is -2.35. The van der Waals surface area contributed by atoms with E-state index in [1.54, 1.807) is 0 Å². The van der Waals surface area contributed by atoms with Crippen molar-refractivity contribution < 1.29 is 4.74 Å². The van der Waals surface area contributed by atoms with E-state index in [4.69, 9.17) is 4.74 Å². The smallest absolute Gasteiger partial charge is 0.0471 e. The van der Waals surface area contributed by atoms with Gasteiger partial charge in [0.05, 0.1) is 0 Å². The van der Waals surface area contributed by atoms with Gasteiger partial charge in [0.1, 0.15) is 0 Å². The summed E-state index contributed by atoms with van der Waals surface area (Å²) in [6.07, 6.45) is 7.90. The predicted molar refractivity (Wildman–Crippen MR) is 86.5 cm³/mol. The van der Waals surface area contributed by atoms with Gasteiger partial charge < -0.3 is 9.64 Å². The molecule has 0 aromatic carbocycles. The van der Waals surface area contributed by atoms with Gasteiger partial charge >= 0.3 is 0 Å². The zero-order chi connectivity index (χ0) is 14.8. The number of aromatic nitrogens is 1. The first-order valence-corrected chi connectivity index (χ1v) is 8.75. The third-order valence-corrected chi connectivity index (χ3v) is 5.92. The van der Waals surface area contributed by atoms with E-state index in [-0.39, 0.29) is 0 Å². The van der Waals surface area contributed by atoms with Crippen molar-refractivity contribution >= 4 is 0 Å². The van der Waals surface area contributed by atoms with Crippen LogP contribution in [0.15, 0.2) is 24.5 Å². The number of hydrogen-bond acceptors (Lipinski definition) is 4. The Bertz CT molecular complexity index is 478. The zero-order valence-electron chi connectivity index (χ0n) is 13.4. The molecule has 4 nitrogen and oxygen atoms in total. The SMILES string of the molecule is c1cncc(CN2CCN(CC3CC34CCOCC4)CC2)c1. The summed E-state index contributed by atoms with van der Waals surface area (Å²) in [5, 5.41) is 0. The Labute approximate surface area is 133 Å². The van der Waals surface area contributed by atoms with Crippen molar-refractivity contribution in [1.29, 1.82) is 0 Å². The molecule has 3 heterocycles. The van der Waals surface area contributed by atoms with Crippen LogP contribution >= 0.6 is 0 Å². The molecule has 0 bridgehead atoms. The van der Waals surface area contributed by atoms with Gasteiger partial charge in [-0.2, -0.15) is 0 Å². The first-order valence-electron chi connectivity index (χ1n) is 8.75. The Balaban J connectivity index is 1.21. The lowest BCUT2D eigenvalue weighted by molar-refractivity contribution is 0.0466. The first-order chi connectivity index (χ1) is 10.8. The van der Waals surface area contributed by atoms with Crippen molar-refractivity contribution in [3.63, 3.8) is 0 Å². The van der Waals surface area contributed by atoms with Crippen molar-refractivity contribution in [1.82, 2.24) is 14.8 Å². The number of rotatable bonds is 4. The van der Waals surface area contributed by atoms with Crippen molar-refractivity contribution in [3.05, 3.63) is 30.1 Å². The molecular formula is C18H27N3O. The lowest BCUT2D eigenvalue weighted by Crippen LogP contribution is -2.46. The molecule has 2 aliphatic heterocycles. The molecule has 1 unspecified atom stereocenters. The predicted octanol–water partition coefficient (Wildman–Crippen LogP) is 2.02. The number of pyridine rings is 1. The van der Waals surface area contributed by atoms with E-state index in [2.05, 4.69) is 20.9 Å². The summed E-state index contributed by atoms with van der Waals surface area (Å²) in [4.78, 5) is 9.46. The third-order valence-electron chi connectivity index (χ3n) is 5.92. The summed E-state index contributed by atoms with van der Waals surface area (Å²) in [5.74, 6) is 0.946. The molecule has 22 heavy (non-hydrogen) atoms. The standard InChI is InChI=1S/C18H27N3O/c1-2-16(13-19-5-1)14-20-6-8-21(9-7-20)15-17-12-18(17)3-10-22-11-4-18/h1-2,5,13,17H,3-4,6-12,14-15H2. The Morgan fingerprint density at radius 1 is 1.14 bits per heavy atom. The van der Waals surface area contributed by atoms with E-state index in [1.165, 1.54) is 57.5 Å². The van der Waals surface area contributed by atoms with E-state index in [0.717, 1.165) is 25.7 Å². The highest BCUT2D eigenvalue weighted by molar-refractivity contribution is 5.08. The molecule has 1 aromatic heterocycles. The van der Waals surface area contributed by atoms with Crippen LogP contribution < -0.4 is 0 Å². The fourth-order valence-corrected chi connectivity index (χ4v) is 4.27. The molecule has 0 amide bonds. The van der Waals surface area contributed by atoms with Gasteiger partial charge in [-0.15, -0.1) is 0 Å². The molecule has 0 radical (unpaired) electrons. The van der Waals surface area contributed by atoms with Crippen LogP contribution in [-0.4, -0.2) is 60.7 Å². The lowest BCUT2D eigenvalue weighted by atomic mass is 9.93. The third kappa shape index (κ3) is 3.19. The second-order valence-corrected chi connectivity index (χ2v) is 7.31. The summed E-state index contributed by atoms with van der Waals surface area (Å²) in [6.45, 7) is 9.19. The zero-order valence-corrected chi connectivity index (χ0v) is 13.4. The molecule has 3 fully saturated rings. The van der Waals surface area contributed by atoms with Crippen LogP contribution in [-0.2, 0) is 11.3 Å². The maximum Gasteiger partial charge on any atom is 0.0471 e. The minimum absolute atomic E-state index is 0.672. The van der Waals surface area contributed by atoms with Crippen LogP contribution in [0.1, 0.15) is 24.8 Å². The van der Waals surface area contributed by atoms with Gasteiger partial charge in [-0.05, 0) is 42.2 Å². The van der Waals surface area contributed by atoms with Crippen LogP contribution in [0.2, 0.25) is 0 Å². The van der Waals surface area contributed by atoms with Gasteiger partial charge in [-0.1, -0.05) is 6.07 Å². The van der Waals surface area contributed by atoms with E-state index < -0.39 is 0 Å². The van der Waals surface area contributed by atoms with Crippen molar-refractivity contribution in [2.75, 3.05) is 45.9 Å². The second kappa shape index (κ2) is 6.26. The molecule has 120 valence electrons. The average molecular weight is 301 g/mol. The van der Waals surface area contributed by atoms with Gasteiger partial charge in [0.25, 0.3) is 0 Å². The molecule has 1 atom stereocenters. The minimum Gasteiger partial charge on any atom is -0.381 e. The van der Waals surface area contributed by atoms with E-state index in [1.807, 2.05) is 18.5 Å². The molecule has 1 saturated carbocycles. The molecule has 4 heteroatoms. The first kappa shape index (κ1) is 14.6. The van der Waals surface area contributed by atoms with Gasteiger partial charge in [-0.25, -0.2) is 0 Å². The van der Waals surface area contributed by atoms with Gasteiger partial charge in [0.2, 0.25) is 0 Å². The molecule has 0 N–H and O–H groups in total. The van der Waals surface area contributed by atoms with Crippen LogP contribution in [0.25, 0.3) is 0 Å². The fraction of sp³-hybridized carbons (Fsp3) is 0.722. The monoisotopic (exact) mass is 301 g/mol. The maximum absolute atomic E-state index is 5.53. The Kier molecular flexibility index (Phi) is 4.16. The fourth-order valence-electron chi connectivity index (χ4n) is 4.27. The normalized spacial score (nSPS) is 28.8. The molecule has 2 saturated heterocycles. The second-order valence-electron chi connectivity index (χ2n) is 7.31. The highest BCUT2D eigenvalue weighted by atomic mass is 16.5. The number of piperazine rings is 1. The van der Waals surface area contributed by atoms with Crippen LogP contribution in [0, 0.1) is 11.3 Å². The van der Waals surface area contributed by atoms with Crippen LogP contribution in [0.3, 0.4) is 0 Å². The number of ether oxygens (including phenoxy) is 1. The largest absolute Gasteiger partial charge is 0.381 e. The highest BCUT2D eigenvalue weighted by Gasteiger charge is 2.54. The Morgan fingerprint density at radius 2 is 1.91 bits per heavy atom. The Hall–Kier alpha value is -0.970. The van der Waals surface area contributed by atoms with Crippen molar-refractivity contribution in [2.24, 2.45) is 11.3 Å². The van der Waals surface area contributed by atoms with E-state index >= 15 is 0 Å². The molecule has 4 rings (SSSR count). The van der Waals surface area contributed by atoms with Crippen LogP contribution in [0.5, 0.6) is 0 Å². The molecule has 1 aliphatic carbocycles. The summed E-state index contributed by atoms with van der Waals surface area (Å²) in [6, 6.07) is 4.21. The van der Waals surface area contributed by atoms with Gasteiger partial charge in [-0.3, -0.25) is 9.88 Å². The van der Waals surface area contributed by atoms with E-state index in [0.29, 0.717) is 5.41 Å². The molecule has 3 aliphatic rings. The van der Waals surface area contributed by atoms with E-state index in [9.17, 15) is 0 Å². The topological polar surface area (TPSA) is 28.6 Å². The van der Waals surface area contributed by atoms with Crippen molar-refractivity contribution in [2.45, 2.75) is 25.8 Å². The average Bonchev–Trinajstić information content (AvgIpc) is 3.22. The van der Waals surface area contributed by atoms with Crippen molar-refractivity contribution in [3.8, 4) is 0 Å². The summed E-state index contributed by atoms with van der Waals surface area (Å²) in [7, 11) is 0. The number of hydrogen-bond donors (Lipinski definition) is 0. The quantitative estimate of drug-likeness (QED) is 0.851. The minimum atomic E-state index is 0.672. The maximum atomic E-state index is 5.53. The molecular weight excluding hydrogens is 274 g/mol. The highest BCUT2D eigenvalue weighted by Crippen LogP contribution is 2.59. The Morgan fingerprint density at radius 3 is 2.64 bits per heavy atom. The molecule has 1 spiro atoms. The van der Waals surface area contributed by atoms with Gasteiger partial charge in [0.15, 0.2) is 0 Å². The van der Waals surface area contributed by atoms with Crippen LogP contribution in [0.4, 0.5) is 0 Å². The van der Waals surface area contributed by atoms with Gasteiger partial charge in [0, 0.05) is 64.9 Å².